The van der Waals surface area contributed by atoms with E-state index in [9.17, 15) is 4.79 Å². The Bertz CT molecular complexity index is 548. The van der Waals surface area contributed by atoms with E-state index in [0.717, 1.165) is 17.0 Å². The molecule has 0 radical (unpaired) electrons. The highest BCUT2D eigenvalue weighted by Gasteiger charge is 2.54. The maximum atomic E-state index is 11.8. The molecule has 1 aromatic rings. The Kier molecular flexibility index (Phi) is 4.46. The van der Waals surface area contributed by atoms with Crippen molar-refractivity contribution in [1.82, 2.24) is 4.98 Å². The Morgan fingerprint density at radius 3 is 2.23 bits per heavy atom. The van der Waals surface area contributed by atoms with Crippen molar-refractivity contribution in [3.8, 4) is 0 Å². The van der Waals surface area contributed by atoms with Gasteiger partial charge in [0.2, 0.25) is 0 Å². The highest BCUT2D eigenvalue weighted by atomic mass is 16.7. The Balaban J connectivity index is 2.34. The van der Waals surface area contributed by atoms with Crippen LogP contribution in [0.5, 0.6) is 0 Å². The van der Waals surface area contributed by atoms with Gasteiger partial charge in [-0.25, -0.2) is 0 Å². The lowest BCUT2D eigenvalue weighted by Gasteiger charge is -2.32. The van der Waals surface area contributed by atoms with Gasteiger partial charge in [0.05, 0.1) is 24.7 Å². The molecule has 0 bridgehead atoms. The highest BCUT2D eigenvalue weighted by molar-refractivity contribution is 6.48. The Morgan fingerprint density at radius 1 is 1.27 bits per heavy atom. The molecule has 1 N–H and O–H groups in total. The van der Waals surface area contributed by atoms with Crippen molar-refractivity contribution < 1.29 is 18.8 Å². The smallest absolute Gasteiger partial charge is 0.467 e. The number of aromatic amines is 1. The number of nitrogens with one attached hydrogen (secondary N) is 1. The summed E-state index contributed by atoms with van der Waals surface area (Å²) < 4.78 is 17.1. The van der Waals surface area contributed by atoms with Gasteiger partial charge in [-0.1, -0.05) is 0 Å². The molecule has 5 nitrogen and oxygen atoms in total. The summed E-state index contributed by atoms with van der Waals surface area (Å²) >= 11 is 0. The fourth-order valence-electron chi connectivity index (χ4n) is 2.78. The third kappa shape index (κ3) is 3.08. The van der Waals surface area contributed by atoms with Crippen LogP contribution in [-0.4, -0.2) is 36.4 Å². The molecule has 1 atom stereocenters. The lowest BCUT2D eigenvalue weighted by Crippen LogP contribution is -2.41. The normalized spacial score (nSPS) is 21.0. The molecule has 122 valence electrons. The molecule has 1 aliphatic rings. The van der Waals surface area contributed by atoms with Gasteiger partial charge in [0.1, 0.15) is 0 Å². The van der Waals surface area contributed by atoms with Crippen LogP contribution in [0.4, 0.5) is 0 Å². The van der Waals surface area contributed by atoms with Gasteiger partial charge < -0.3 is 19.0 Å². The van der Waals surface area contributed by atoms with E-state index in [-0.39, 0.29) is 18.2 Å². The van der Waals surface area contributed by atoms with Crippen LogP contribution in [0.15, 0.2) is 6.07 Å². The van der Waals surface area contributed by atoms with E-state index in [1.54, 1.807) is 0 Å². The second-order valence-corrected chi connectivity index (χ2v) is 7.06. The largest absolute Gasteiger partial charge is 0.469 e. The molecule has 1 aromatic heterocycles. The molecule has 0 spiro atoms. The molecule has 0 aliphatic carbocycles. The Hall–Kier alpha value is -1.27. The minimum atomic E-state index is -0.485. The number of hydrogen-bond donors (Lipinski definition) is 1. The zero-order chi connectivity index (χ0) is 16.7. The van der Waals surface area contributed by atoms with Crippen molar-refractivity contribution in [2.24, 2.45) is 0 Å². The number of carbonyl (C=O) groups is 1. The maximum absolute atomic E-state index is 11.8. The number of H-pyrrole nitrogens is 1. The van der Waals surface area contributed by atoms with Crippen LogP contribution in [0, 0.1) is 13.8 Å². The van der Waals surface area contributed by atoms with Crippen LogP contribution < -0.4 is 0 Å². The number of hydrogen-bond acceptors (Lipinski definition) is 4. The fourth-order valence-corrected chi connectivity index (χ4v) is 2.78. The monoisotopic (exact) mass is 307 g/mol. The van der Waals surface area contributed by atoms with Crippen molar-refractivity contribution in [3.05, 3.63) is 23.0 Å². The van der Waals surface area contributed by atoms with Crippen molar-refractivity contribution in [1.29, 1.82) is 0 Å². The second-order valence-electron chi connectivity index (χ2n) is 7.06. The number of aryl methyl sites for hydroxylation is 2. The number of carbonyl (C=O) groups excluding carboxylic acids is 1. The van der Waals surface area contributed by atoms with Crippen LogP contribution in [0.3, 0.4) is 0 Å². The first kappa shape index (κ1) is 17.1. The van der Waals surface area contributed by atoms with E-state index in [1.165, 1.54) is 7.11 Å². The minimum Gasteiger partial charge on any atom is -0.469 e. The zero-order valence-corrected chi connectivity index (χ0v) is 14.6. The van der Waals surface area contributed by atoms with Crippen LogP contribution in [-0.2, 0) is 18.8 Å². The second kappa shape index (κ2) is 5.74. The van der Waals surface area contributed by atoms with Gasteiger partial charge in [-0.2, -0.15) is 0 Å². The number of methoxy groups -OCH3 is 1. The molecule has 2 heterocycles. The topological polar surface area (TPSA) is 60.6 Å². The predicted molar refractivity (Wildman–Crippen MR) is 85.7 cm³/mol. The number of esters is 1. The standard InChI is InChI=1S/C16H26BNO4/c1-10-8-11(2)18-14(10)12(9-13(19)20-7)17-21-15(3,4)16(5,6)22-17/h8,12,18H,9H2,1-7H3. The van der Waals surface area contributed by atoms with Crippen LogP contribution in [0.1, 0.15) is 56.9 Å². The third-order valence-electron chi connectivity index (χ3n) is 4.77. The van der Waals surface area contributed by atoms with Crippen molar-refractivity contribution in [3.63, 3.8) is 0 Å². The first-order chi connectivity index (χ1) is 10.1. The van der Waals surface area contributed by atoms with Crippen molar-refractivity contribution in [2.45, 2.75) is 65.0 Å². The number of rotatable bonds is 4. The summed E-state index contributed by atoms with van der Waals surface area (Å²) in [6.07, 6.45) is 0.216. The van der Waals surface area contributed by atoms with Crippen molar-refractivity contribution >= 4 is 13.1 Å². The summed E-state index contributed by atoms with van der Waals surface area (Å²) in [4.78, 5) is 15.2. The highest BCUT2D eigenvalue weighted by Crippen LogP contribution is 2.42. The molecule has 0 aromatic carbocycles. The number of ether oxygens (including phenoxy) is 1. The first-order valence-corrected chi connectivity index (χ1v) is 7.66. The number of aromatic nitrogens is 1. The molecule has 6 heteroatoms. The Morgan fingerprint density at radius 2 is 1.82 bits per heavy atom. The summed E-state index contributed by atoms with van der Waals surface area (Å²) in [6.45, 7) is 12.1. The van der Waals surface area contributed by atoms with E-state index < -0.39 is 18.3 Å². The third-order valence-corrected chi connectivity index (χ3v) is 4.77. The zero-order valence-electron chi connectivity index (χ0n) is 14.6. The summed E-state index contributed by atoms with van der Waals surface area (Å²) in [5, 5.41) is 0. The van der Waals surface area contributed by atoms with Gasteiger partial charge in [-0.15, -0.1) is 0 Å². The Labute approximate surface area is 132 Å². The van der Waals surface area contributed by atoms with Gasteiger partial charge in [-0.05, 0) is 53.2 Å². The van der Waals surface area contributed by atoms with Gasteiger partial charge in [0, 0.05) is 17.2 Å². The molecule has 1 saturated heterocycles. The van der Waals surface area contributed by atoms with Gasteiger partial charge in [-0.3, -0.25) is 4.79 Å². The molecule has 2 rings (SSSR count). The summed E-state index contributed by atoms with van der Waals surface area (Å²) in [5.41, 5.74) is 2.27. The van der Waals surface area contributed by atoms with Crippen LogP contribution >= 0.6 is 0 Å². The maximum Gasteiger partial charge on any atom is 0.467 e. The van der Waals surface area contributed by atoms with Crippen molar-refractivity contribution in [2.75, 3.05) is 7.11 Å². The SMILES string of the molecule is COC(=O)CC(B1OC(C)(C)C(C)(C)O1)c1[nH]c(C)cc1C. The average Bonchev–Trinajstić information content (AvgIpc) is 2.82. The fraction of sp³-hybridized carbons (Fsp3) is 0.688. The molecular formula is C16H26BNO4. The molecule has 1 aliphatic heterocycles. The predicted octanol–water partition coefficient (Wildman–Crippen LogP) is 2.91. The molecule has 1 unspecified atom stereocenters. The van der Waals surface area contributed by atoms with Gasteiger partial charge >= 0.3 is 13.1 Å². The van der Waals surface area contributed by atoms with Crippen LogP contribution in [0.25, 0.3) is 0 Å². The lowest BCUT2D eigenvalue weighted by atomic mass is 9.67. The molecule has 0 saturated carbocycles. The summed E-state index contributed by atoms with van der Waals surface area (Å²) in [5.74, 6) is -0.492. The first-order valence-electron chi connectivity index (χ1n) is 7.66. The minimum absolute atomic E-state index is 0.216. The summed E-state index contributed by atoms with van der Waals surface area (Å²) in [6, 6.07) is 2.06. The van der Waals surface area contributed by atoms with E-state index >= 15 is 0 Å². The average molecular weight is 307 g/mol. The molecule has 22 heavy (non-hydrogen) atoms. The van der Waals surface area contributed by atoms with E-state index in [4.69, 9.17) is 14.0 Å². The summed E-state index contributed by atoms with van der Waals surface area (Å²) in [7, 11) is 0.914. The molecule has 1 fully saturated rings. The van der Waals surface area contributed by atoms with E-state index in [0.29, 0.717) is 0 Å². The quantitative estimate of drug-likeness (QED) is 0.686. The van der Waals surface area contributed by atoms with Crippen LogP contribution in [0.2, 0.25) is 0 Å². The lowest BCUT2D eigenvalue weighted by molar-refractivity contribution is -0.140. The van der Waals surface area contributed by atoms with E-state index in [2.05, 4.69) is 11.1 Å². The van der Waals surface area contributed by atoms with E-state index in [1.807, 2.05) is 41.5 Å². The van der Waals surface area contributed by atoms with Gasteiger partial charge in [0.25, 0.3) is 0 Å². The van der Waals surface area contributed by atoms with Gasteiger partial charge in [0.15, 0.2) is 0 Å². The molecule has 0 amide bonds. The molecular weight excluding hydrogens is 281 g/mol.